The van der Waals surface area contributed by atoms with Gasteiger partial charge in [0.1, 0.15) is 0 Å². The number of rotatable bonds is 6. The van der Waals surface area contributed by atoms with Crippen LogP contribution in [0.25, 0.3) is 0 Å². The van der Waals surface area contributed by atoms with Crippen LogP contribution in [0.1, 0.15) is 0 Å². The maximum Gasteiger partial charge on any atom is 0.317 e. The summed E-state index contributed by atoms with van der Waals surface area (Å²) in [5.74, 6) is -27.9. The van der Waals surface area contributed by atoms with Gasteiger partial charge in [0.05, 0.1) is 9.82 Å². The summed E-state index contributed by atoms with van der Waals surface area (Å²) in [5, 5.41) is 10.7. The molecule has 0 aliphatic heterocycles. The van der Waals surface area contributed by atoms with Gasteiger partial charge in [0.25, 0.3) is 5.69 Å². The second kappa shape index (κ2) is 9.42. The van der Waals surface area contributed by atoms with E-state index in [0.29, 0.717) is 24.3 Å². The Balaban J connectivity index is 2.36. The molecule has 0 aliphatic rings. The van der Waals surface area contributed by atoms with E-state index >= 15 is 0 Å². The molecule has 0 aromatic heterocycles. The highest BCUT2D eigenvalue weighted by atomic mass is 32.2. The van der Waals surface area contributed by atoms with Gasteiger partial charge in [0.15, 0.2) is 58.2 Å². The van der Waals surface area contributed by atoms with Gasteiger partial charge in [-0.1, -0.05) is 0 Å². The van der Waals surface area contributed by atoms with Crippen LogP contribution in [0.3, 0.4) is 0 Å². The summed E-state index contributed by atoms with van der Waals surface area (Å²) in [7, 11) is -5.35. The molecule has 6 nitrogen and oxygen atoms in total. The normalized spacial score (nSPS) is 11.6. The van der Waals surface area contributed by atoms with Crippen molar-refractivity contribution in [3.63, 3.8) is 0 Å². The zero-order valence-corrected chi connectivity index (χ0v) is 17.5. The summed E-state index contributed by atoms with van der Waals surface area (Å²) in [4.78, 5) is 8.71. The minimum Gasteiger partial charge on any atom is -0.258 e. The Bertz CT molecular complexity index is 1390. The third-order valence-corrected chi connectivity index (χ3v) is 6.13. The molecule has 0 amide bonds. The summed E-state index contributed by atoms with van der Waals surface area (Å²) in [6, 6.07) is 2.16. The van der Waals surface area contributed by atoms with Gasteiger partial charge in [0, 0.05) is 23.1 Å². The van der Waals surface area contributed by atoms with E-state index in [0.717, 1.165) is 4.63 Å². The van der Waals surface area contributed by atoms with Crippen molar-refractivity contribution in [3.05, 3.63) is 92.6 Å². The summed E-state index contributed by atoms with van der Waals surface area (Å²) in [6.45, 7) is -3.42. The van der Waals surface area contributed by atoms with Crippen LogP contribution in [-0.2, 0) is 10.0 Å². The molecule has 36 heavy (non-hydrogen) atoms. The van der Waals surface area contributed by atoms with Gasteiger partial charge in [-0.05, 0) is 12.1 Å². The van der Waals surface area contributed by atoms with Crippen LogP contribution in [0.5, 0.6) is 0 Å². The highest BCUT2D eigenvalue weighted by molar-refractivity contribution is 7.91. The lowest BCUT2D eigenvalue weighted by Gasteiger charge is -2.20. The quantitative estimate of drug-likeness (QED) is 0.129. The standard InChI is InChI=1S/C18H5BF10N2O4S/c20-9-7(10(21)14(25)17(28)13(9)24)19(8-11(22)15(26)18(29)16(27)12(8)23)30-36(34,35)6-3-1-5(2-4-6)31(32)33/h1-4,30H. The van der Waals surface area contributed by atoms with Crippen molar-refractivity contribution < 1.29 is 57.2 Å². The SMILES string of the molecule is O=[N+]([O-])c1ccc(S(=O)(=O)NB(c2c(F)c(F)c(F)c(F)c2F)c2c(F)c(F)c(F)c(F)c2F)cc1. The number of nitrogens with zero attached hydrogens (tertiary/aromatic N) is 1. The Morgan fingerprint density at radius 1 is 0.611 bits per heavy atom. The average molecular weight is 546 g/mol. The Kier molecular flexibility index (Phi) is 7.04. The number of benzene rings is 3. The van der Waals surface area contributed by atoms with E-state index in [9.17, 15) is 62.4 Å². The number of nitro benzene ring substituents is 1. The van der Waals surface area contributed by atoms with Crippen molar-refractivity contribution >= 4 is 33.5 Å². The monoisotopic (exact) mass is 546 g/mol. The first kappa shape index (κ1) is 26.9. The van der Waals surface area contributed by atoms with Gasteiger partial charge >= 0.3 is 6.85 Å². The van der Waals surface area contributed by atoms with Gasteiger partial charge < -0.3 is 0 Å². The summed E-state index contributed by atoms with van der Waals surface area (Å²) >= 11 is 0. The highest BCUT2D eigenvalue weighted by Gasteiger charge is 2.42. The fourth-order valence-corrected chi connectivity index (χ4v) is 4.16. The fourth-order valence-electron chi connectivity index (χ4n) is 2.98. The number of halogens is 10. The molecule has 0 aliphatic carbocycles. The summed E-state index contributed by atoms with van der Waals surface area (Å²) < 4.78 is 166. The molecule has 3 aromatic rings. The van der Waals surface area contributed by atoms with E-state index in [4.69, 9.17) is 0 Å². The van der Waals surface area contributed by atoms with Gasteiger partial charge in [-0.25, -0.2) is 57.0 Å². The van der Waals surface area contributed by atoms with E-state index < -0.39 is 101 Å². The molecular weight excluding hydrogens is 541 g/mol. The Hall–Kier alpha value is -3.67. The number of sulfonamides is 1. The van der Waals surface area contributed by atoms with Crippen LogP contribution in [0.2, 0.25) is 0 Å². The predicted octanol–water partition coefficient (Wildman–Crippen LogP) is 3.07. The number of nitrogens with one attached hydrogen (secondary N) is 1. The first-order valence-electron chi connectivity index (χ1n) is 8.91. The number of nitro groups is 1. The average Bonchev–Trinajstić information content (AvgIpc) is 2.83. The van der Waals surface area contributed by atoms with Gasteiger partial charge in [-0.3, -0.25) is 10.1 Å². The third kappa shape index (κ3) is 4.36. The molecular formula is C18H5BF10N2O4S. The highest BCUT2D eigenvalue weighted by Crippen LogP contribution is 2.22. The number of hydrogen-bond acceptors (Lipinski definition) is 4. The third-order valence-electron chi connectivity index (χ3n) is 4.70. The van der Waals surface area contributed by atoms with Crippen molar-refractivity contribution in [2.45, 2.75) is 4.90 Å². The first-order chi connectivity index (χ1) is 16.6. The van der Waals surface area contributed by atoms with Crippen LogP contribution < -0.4 is 15.6 Å². The van der Waals surface area contributed by atoms with E-state index in [1.54, 1.807) is 0 Å². The summed E-state index contributed by atoms with van der Waals surface area (Å²) in [6.07, 6.45) is 0. The van der Waals surface area contributed by atoms with Crippen LogP contribution in [0.4, 0.5) is 49.6 Å². The van der Waals surface area contributed by atoms with Crippen molar-refractivity contribution in [2.75, 3.05) is 0 Å². The number of non-ortho nitro benzene ring substituents is 1. The predicted molar refractivity (Wildman–Crippen MR) is 101 cm³/mol. The Morgan fingerprint density at radius 3 is 1.22 bits per heavy atom. The zero-order valence-electron chi connectivity index (χ0n) is 16.7. The van der Waals surface area contributed by atoms with Gasteiger partial charge in [-0.2, -0.15) is 0 Å². The van der Waals surface area contributed by atoms with Gasteiger partial charge in [-0.15, -0.1) is 0 Å². The first-order valence-corrected chi connectivity index (χ1v) is 10.4. The second-order valence-corrected chi connectivity index (χ2v) is 8.49. The molecule has 0 radical (unpaired) electrons. The molecule has 0 saturated heterocycles. The maximum absolute atomic E-state index is 14.5. The molecule has 0 unspecified atom stereocenters. The Morgan fingerprint density at radius 2 is 0.917 bits per heavy atom. The lowest BCUT2D eigenvalue weighted by Crippen LogP contribution is -2.61. The Labute approximate surface area is 193 Å². The minimum atomic E-state index is -5.35. The van der Waals surface area contributed by atoms with E-state index in [1.165, 1.54) is 0 Å². The molecule has 0 bridgehead atoms. The largest absolute Gasteiger partial charge is 0.317 e. The van der Waals surface area contributed by atoms with Crippen LogP contribution in [0.15, 0.2) is 29.2 Å². The maximum atomic E-state index is 14.5. The lowest BCUT2D eigenvalue weighted by molar-refractivity contribution is -0.384. The molecule has 0 atom stereocenters. The zero-order chi connectivity index (χ0) is 27.3. The fraction of sp³-hybridized carbons (Fsp3) is 0. The van der Waals surface area contributed by atoms with Crippen LogP contribution >= 0.6 is 0 Å². The van der Waals surface area contributed by atoms with Crippen molar-refractivity contribution in [2.24, 2.45) is 0 Å². The molecule has 18 heteroatoms. The molecule has 3 aromatic carbocycles. The van der Waals surface area contributed by atoms with Gasteiger partial charge in [0.2, 0.25) is 10.0 Å². The van der Waals surface area contributed by atoms with E-state index in [-0.39, 0.29) is 0 Å². The van der Waals surface area contributed by atoms with Crippen molar-refractivity contribution in [1.82, 2.24) is 4.63 Å². The smallest absolute Gasteiger partial charge is 0.258 e. The van der Waals surface area contributed by atoms with Crippen LogP contribution in [-0.4, -0.2) is 20.2 Å². The molecule has 3 rings (SSSR count). The minimum absolute atomic E-state index is 0.495. The molecule has 0 spiro atoms. The topological polar surface area (TPSA) is 89.3 Å². The molecule has 190 valence electrons. The lowest BCUT2D eigenvalue weighted by atomic mass is 9.51. The van der Waals surface area contributed by atoms with Crippen molar-refractivity contribution in [3.8, 4) is 0 Å². The summed E-state index contributed by atoms with van der Waals surface area (Å²) in [5.41, 5.74) is -5.29. The number of hydrogen-bond donors (Lipinski definition) is 1. The van der Waals surface area contributed by atoms with E-state index in [1.807, 2.05) is 0 Å². The van der Waals surface area contributed by atoms with Crippen molar-refractivity contribution in [1.29, 1.82) is 0 Å². The molecule has 1 N–H and O–H groups in total. The molecule has 0 heterocycles. The second-order valence-electron chi connectivity index (χ2n) is 6.77. The van der Waals surface area contributed by atoms with Crippen LogP contribution in [0, 0.1) is 68.3 Å². The van der Waals surface area contributed by atoms with E-state index in [2.05, 4.69) is 0 Å². The molecule has 0 fully saturated rings. The molecule has 0 saturated carbocycles.